The SMILES string of the molecule is CNC(=O)CN1CC(C(=O)c2ccccc2)C(c2cccc(C)c2C)C(C(=O)c2ccccc2)C1. The number of carbonyl (C=O) groups excluding carboxylic acids is 3. The van der Waals surface area contributed by atoms with E-state index in [1.54, 1.807) is 7.05 Å². The predicted octanol–water partition coefficient (Wildman–Crippen LogP) is 4.45. The molecule has 1 aliphatic heterocycles. The molecule has 0 saturated carbocycles. The van der Waals surface area contributed by atoms with Gasteiger partial charge < -0.3 is 5.32 Å². The summed E-state index contributed by atoms with van der Waals surface area (Å²) in [4.78, 5) is 42.1. The second-order valence-corrected chi connectivity index (χ2v) is 9.36. The molecule has 0 radical (unpaired) electrons. The van der Waals surface area contributed by atoms with Gasteiger partial charge in [-0.1, -0.05) is 78.9 Å². The van der Waals surface area contributed by atoms with Gasteiger partial charge in [-0.2, -0.15) is 0 Å². The van der Waals surface area contributed by atoms with E-state index in [1.165, 1.54) is 0 Å². The number of carbonyl (C=O) groups is 3. The van der Waals surface area contributed by atoms with Crippen molar-refractivity contribution in [1.29, 1.82) is 0 Å². The number of amides is 1. The fourth-order valence-electron chi connectivity index (χ4n) is 5.24. The van der Waals surface area contributed by atoms with Crippen LogP contribution >= 0.6 is 0 Å². The lowest BCUT2D eigenvalue weighted by molar-refractivity contribution is -0.122. The summed E-state index contributed by atoms with van der Waals surface area (Å²) in [6.45, 7) is 5.10. The van der Waals surface area contributed by atoms with Crippen LogP contribution in [0.2, 0.25) is 0 Å². The minimum absolute atomic E-state index is 0.00368. The molecule has 35 heavy (non-hydrogen) atoms. The second-order valence-electron chi connectivity index (χ2n) is 9.36. The van der Waals surface area contributed by atoms with Crippen LogP contribution in [0.3, 0.4) is 0 Å². The Morgan fingerprint density at radius 2 is 1.29 bits per heavy atom. The minimum atomic E-state index is -0.464. The van der Waals surface area contributed by atoms with Crippen LogP contribution in [0.4, 0.5) is 0 Å². The number of nitrogens with one attached hydrogen (secondary N) is 1. The molecular formula is C30H32N2O3. The Morgan fingerprint density at radius 3 is 1.77 bits per heavy atom. The number of ketones is 2. The number of benzene rings is 3. The molecule has 5 heteroatoms. The molecule has 1 aliphatic rings. The molecule has 1 heterocycles. The Kier molecular flexibility index (Phi) is 7.57. The van der Waals surface area contributed by atoms with Gasteiger partial charge >= 0.3 is 0 Å². The van der Waals surface area contributed by atoms with E-state index in [9.17, 15) is 14.4 Å². The molecule has 4 rings (SSSR count). The summed E-state index contributed by atoms with van der Waals surface area (Å²) in [5, 5.41) is 2.67. The van der Waals surface area contributed by atoms with E-state index < -0.39 is 11.8 Å². The van der Waals surface area contributed by atoms with Gasteiger partial charge in [-0.15, -0.1) is 0 Å². The lowest BCUT2D eigenvalue weighted by atomic mass is 9.67. The highest BCUT2D eigenvalue weighted by Gasteiger charge is 2.45. The van der Waals surface area contributed by atoms with Crippen LogP contribution in [0, 0.1) is 25.7 Å². The number of aryl methyl sites for hydroxylation is 1. The molecule has 1 fully saturated rings. The van der Waals surface area contributed by atoms with Gasteiger partial charge in [-0.3, -0.25) is 19.3 Å². The van der Waals surface area contributed by atoms with Gasteiger partial charge in [0.15, 0.2) is 11.6 Å². The summed E-state index contributed by atoms with van der Waals surface area (Å²) in [6, 6.07) is 24.6. The van der Waals surface area contributed by atoms with Crippen molar-refractivity contribution in [2.45, 2.75) is 19.8 Å². The van der Waals surface area contributed by atoms with Gasteiger partial charge in [0.2, 0.25) is 5.91 Å². The van der Waals surface area contributed by atoms with Crippen molar-refractivity contribution in [2.75, 3.05) is 26.7 Å². The van der Waals surface area contributed by atoms with Crippen LogP contribution in [0.1, 0.15) is 43.3 Å². The third-order valence-corrected chi connectivity index (χ3v) is 7.22. The summed E-state index contributed by atoms with van der Waals surface area (Å²) < 4.78 is 0. The van der Waals surface area contributed by atoms with Crippen LogP contribution in [0.5, 0.6) is 0 Å². The van der Waals surface area contributed by atoms with Crippen LogP contribution in [0.15, 0.2) is 78.9 Å². The highest BCUT2D eigenvalue weighted by molar-refractivity contribution is 6.02. The van der Waals surface area contributed by atoms with Gasteiger partial charge in [0.05, 0.1) is 6.54 Å². The smallest absolute Gasteiger partial charge is 0.233 e. The van der Waals surface area contributed by atoms with Crippen molar-refractivity contribution in [3.63, 3.8) is 0 Å². The van der Waals surface area contributed by atoms with E-state index in [1.807, 2.05) is 71.6 Å². The van der Waals surface area contributed by atoms with Gasteiger partial charge in [-0.25, -0.2) is 0 Å². The summed E-state index contributed by atoms with van der Waals surface area (Å²) in [6.07, 6.45) is 0. The Bertz CT molecular complexity index is 1150. The Labute approximate surface area is 207 Å². The van der Waals surface area contributed by atoms with Gasteiger partial charge in [-0.05, 0) is 30.5 Å². The first-order valence-electron chi connectivity index (χ1n) is 12.1. The van der Waals surface area contributed by atoms with Crippen LogP contribution in [-0.4, -0.2) is 49.1 Å². The number of piperidine rings is 1. The summed E-state index contributed by atoms with van der Waals surface area (Å²) >= 11 is 0. The monoisotopic (exact) mass is 468 g/mol. The standard InChI is InChI=1S/C30H32N2O3/c1-20-11-10-16-24(21(20)2)28-25(29(34)22-12-6-4-7-13-22)17-32(19-27(33)31-3)18-26(28)30(35)23-14-8-5-9-15-23/h4-16,25-26,28H,17-19H2,1-3H3,(H,31,33). The molecule has 0 bridgehead atoms. The van der Waals surface area contributed by atoms with E-state index in [2.05, 4.69) is 31.3 Å². The van der Waals surface area contributed by atoms with Gasteiger partial charge in [0.25, 0.3) is 0 Å². The minimum Gasteiger partial charge on any atom is -0.358 e. The van der Waals surface area contributed by atoms with Crippen LogP contribution < -0.4 is 5.32 Å². The molecule has 3 aromatic rings. The van der Waals surface area contributed by atoms with Gasteiger partial charge in [0.1, 0.15) is 0 Å². The van der Waals surface area contributed by atoms with Crippen molar-refractivity contribution in [3.05, 3.63) is 107 Å². The highest BCUT2D eigenvalue weighted by atomic mass is 16.2. The molecule has 0 aromatic heterocycles. The molecule has 1 N–H and O–H groups in total. The highest BCUT2D eigenvalue weighted by Crippen LogP contribution is 2.42. The summed E-state index contributed by atoms with van der Waals surface area (Å²) in [5.41, 5.74) is 4.52. The first-order valence-corrected chi connectivity index (χ1v) is 12.1. The lowest BCUT2D eigenvalue weighted by Crippen LogP contribution is -2.52. The second kappa shape index (κ2) is 10.8. The average Bonchev–Trinajstić information content (AvgIpc) is 2.90. The number of hydrogen-bond acceptors (Lipinski definition) is 4. The molecule has 5 nitrogen and oxygen atoms in total. The summed E-state index contributed by atoms with van der Waals surface area (Å²) in [5.74, 6) is -1.35. The molecule has 0 spiro atoms. The number of likely N-dealkylation sites (N-methyl/N-ethyl adjacent to an activating group) is 1. The zero-order chi connectivity index (χ0) is 24.9. The van der Waals surface area contributed by atoms with Crippen molar-refractivity contribution < 1.29 is 14.4 Å². The van der Waals surface area contributed by atoms with Crippen LogP contribution in [-0.2, 0) is 4.79 Å². The van der Waals surface area contributed by atoms with Gasteiger partial charge in [0, 0.05) is 49.0 Å². The maximum atomic E-state index is 13.9. The van der Waals surface area contributed by atoms with E-state index in [0.29, 0.717) is 24.2 Å². The first kappa shape index (κ1) is 24.6. The fourth-order valence-corrected chi connectivity index (χ4v) is 5.24. The zero-order valence-corrected chi connectivity index (χ0v) is 20.5. The van der Waals surface area contributed by atoms with E-state index in [4.69, 9.17) is 0 Å². The van der Waals surface area contributed by atoms with Crippen LogP contribution in [0.25, 0.3) is 0 Å². The first-order chi connectivity index (χ1) is 16.9. The normalized spacial score (nSPS) is 20.3. The number of likely N-dealkylation sites (tertiary alicyclic amines) is 1. The van der Waals surface area contributed by atoms with E-state index in [0.717, 1.165) is 16.7 Å². The Morgan fingerprint density at radius 1 is 0.771 bits per heavy atom. The van der Waals surface area contributed by atoms with Crippen molar-refractivity contribution >= 4 is 17.5 Å². The zero-order valence-electron chi connectivity index (χ0n) is 20.5. The average molecular weight is 469 g/mol. The topological polar surface area (TPSA) is 66.5 Å². The lowest BCUT2D eigenvalue weighted by Gasteiger charge is -2.43. The van der Waals surface area contributed by atoms with E-state index in [-0.39, 0.29) is 29.9 Å². The Hall–Kier alpha value is -3.57. The molecular weight excluding hydrogens is 436 g/mol. The molecule has 0 aliphatic carbocycles. The Balaban J connectivity index is 1.85. The van der Waals surface area contributed by atoms with Crippen molar-refractivity contribution in [2.24, 2.45) is 11.8 Å². The van der Waals surface area contributed by atoms with Crippen molar-refractivity contribution in [3.8, 4) is 0 Å². The molecule has 3 aromatic carbocycles. The fraction of sp³-hybridized carbons (Fsp3) is 0.300. The molecule has 2 atom stereocenters. The summed E-state index contributed by atoms with van der Waals surface area (Å²) in [7, 11) is 1.60. The quantitative estimate of drug-likeness (QED) is 0.521. The molecule has 180 valence electrons. The van der Waals surface area contributed by atoms with Crippen molar-refractivity contribution in [1.82, 2.24) is 10.2 Å². The molecule has 1 saturated heterocycles. The largest absolute Gasteiger partial charge is 0.358 e. The third-order valence-electron chi connectivity index (χ3n) is 7.22. The maximum Gasteiger partial charge on any atom is 0.233 e. The number of rotatable bonds is 7. The predicted molar refractivity (Wildman–Crippen MR) is 138 cm³/mol. The number of hydrogen-bond donors (Lipinski definition) is 1. The number of Topliss-reactive ketones (excluding diaryl/α,β-unsaturated/α-hetero) is 2. The third kappa shape index (κ3) is 5.25. The van der Waals surface area contributed by atoms with E-state index >= 15 is 0 Å². The molecule has 1 amide bonds. The maximum absolute atomic E-state index is 13.9. The molecule has 2 unspecified atom stereocenters. The number of nitrogens with zero attached hydrogens (tertiary/aromatic N) is 1.